The second kappa shape index (κ2) is 2.46. The molecular formula is C6H9BrN3+. The normalized spacial score (nSPS) is 9.80. The van der Waals surface area contributed by atoms with Crippen LogP contribution >= 0.6 is 15.9 Å². The molecule has 1 aromatic heterocycles. The molecule has 1 heterocycles. The van der Waals surface area contributed by atoms with Crippen LogP contribution in [-0.4, -0.2) is 0 Å². The number of pyridine rings is 1. The van der Waals surface area contributed by atoms with Crippen LogP contribution in [-0.2, 0) is 0 Å². The molecule has 0 aliphatic rings. The van der Waals surface area contributed by atoms with Crippen molar-refractivity contribution in [2.75, 3.05) is 11.6 Å². The van der Waals surface area contributed by atoms with Gasteiger partial charge in [-0.25, -0.2) is 0 Å². The standard InChI is InChI=1S/C6H8BrN3/c1-4-2-3-10(9)6(8)5(4)7/h2-3,8H,9H2,1H3/p+1. The number of nitrogens with two attached hydrogens (primary N) is 2. The summed E-state index contributed by atoms with van der Waals surface area (Å²) in [6, 6.07) is 1.89. The first kappa shape index (κ1) is 7.34. The molecule has 0 saturated heterocycles. The molecule has 0 atom stereocenters. The van der Waals surface area contributed by atoms with Gasteiger partial charge in [0.25, 0.3) is 0 Å². The Kier molecular flexibility index (Phi) is 1.80. The Morgan fingerprint density at radius 2 is 2.20 bits per heavy atom. The van der Waals surface area contributed by atoms with Gasteiger partial charge in [0.2, 0.25) is 0 Å². The summed E-state index contributed by atoms with van der Waals surface area (Å²) in [5.74, 6) is 5.99. The summed E-state index contributed by atoms with van der Waals surface area (Å²) in [7, 11) is 0. The monoisotopic (exact) mass is 202 g/mol. The van der Waals surface area contributed by atoms with E-state index in [1.807, 2.05) is 13.0 Å². The number of aromatic nitrogens is 1. The van der Waals surface area contributed by atoms with Crippen LogP contribution in [0.3, 0.4) is 0 Å². The van der Waals surface area contributed by atoms with E-state index >= 15 is 0 Å². The number of hydrogen-bond donors (Lipinski definition) is 2. The molecule has 0 unspecified atom stereocenters. The minimum absolute atomic E-state index is 0.542. The number of aryl methyl sites for hydroxylation is 1. The molecule has 4 heteroatoms. The third-order valence-electron chi connectivity index (χ3n) is 1.33. The summed E-state index contributed by atoms with van der Waals surface area (Å²) in [4.78, 5) is 0. The number of nitrogens with zero attached hydrogens (tertiary/aromatic N) is 1. The van der Waals surface area contributed by atoms with Gasteiger partial charge in [0.15, 0.2) is 0 Å². The van der Waals surface area contributed by atoms with Crippen molar-refractivity contribution in [3.63, 3.8) is 0 Å². The molecule has 0 spiro atoms. The molecule has 1 rings (SSSR count). The number of nitrogen functional groups attached to an aromatic ring is 2. The lowest BCUT2D eigenvalue weighted by Crippen LogP contribution is -2.46. The van der Waals surface area contributed by atoms with Gasteiger partial charge in [-0.05, 0) is 34.5 Å². The predicted molar refractivity (Wildman–Crippen MR) is 43.6 cm³/mol. The van der Waals surface area contributed by atoms with Crippen LogP contribution < -0.4 is 16.3 Å². The molecule has 0 aromatic carbocycles. The summed E-state index contributed by atoms with van der Waals surface area (Å²) >= 11 is 3.30. The molecule has 0 fully saturated rings. The Morgan fingerprint density at radius 1 is 1.60 bits per heavy atom. The molecule has 0 aliphatic heterocycles. The summed E-state index contributed by atoms with van der Waals surface area (Å²) in [5.41, 5.74) is 6.66. The predicted octanol–water partition coefficient (Wildman–Crippen LogP) is 0.341. The van der Waals surface area contributed by atoms with Crippen LogP contribution in [0.4, 0.5) is 5.82 Å². The zero-order chi connectivity index (χ0) is 7.72. The van der Waals surface area contributed by atoms with Gasteiger partial charge < -0.3 is 0 Å². The van der Waals surface area contributed by atoms with Gasteiger partial charge in [-0.2, -0.15) is 0 Å². The van der Waals surface area contributed by atoms with Crippen LogP contribution in [0.5, 0.6) is 0 Å². The largest absolute Gasteiger partial charge is 0.310 e. The molecule has 0 bridgehead atoms. The minimum Gasteiger partial charge on any atom is -0.284 e. The zero-order valence-electron chi connectivity index (χ0n) is 5.63. The van der Waals surface area contributed by atoms with Crippen molar-refractivity contribution < 1.29 is 4.68 Å². The van der Waals surface area contributed by atoms with Crippen LogP contribution in [0.1, 0.15) is 5.56 Å². The minimum atomic E-state index is 0.542. The summed E-state index contributed by atoms with van der Waals surface area (Å²) in [6.07, 6.45) is 1.72. The summed E-state index contributed by atoms with van der Waals surface area (Å²) < 4.78 is 2.23. The number of hydrogen-bond acceptors (Lipinski definition) is 2. The van der Waals surface area contributed by atoms with E-state index in [-0.39, 0.29) is 0 Å². The second-order valence-corrected chi connectivity index (χ2v) is 2.90. The summed E-state index contributed by atoms with van der Waals surface area (Å²) in [5, 5.41) is 0. The van der Waals surface area contributed by atoms with Crippen LogP contribution in [0.2, 0.25) is 0 Å². The molecule has 1 aromatic rings. The molecule has 0 radical (unpaired) electrons. The fourth-order valence-electron chi connectivity index (χ4n) is 0.661. The van der Waals surface area contributed by atoms with Gasteiger partial charge in [-0.3, -0.25) is 11.6 Å². The van der Waals surface area contributed by atoms with Gasteiger partial charge in [-0.1, -0.05) is 0 Å². The van der Waals surface area contributed by atoms with Crippen LogP contribution in [0.25, 0.3) is 0 Å². The van der Waals surface area contributed by atoms with Crippen molar-refractivity contribution in [1.82, 2.24) is 0 Å². The van der Waals surface area contributed by atoms with E-state index in [9.17, 15) is 0 Å². The lowest BCUT2D eigenvalue weighted by molar-refractivity contribution is -0.624. The van der Waals surface area contributed by atoms with Gasteiger partial charge in [0.05, 0.1) is 0 Å². The number of halogens is 1. The number of rotatable bonds is 0. The smallest absolute Gasteiger partial charge is 0.284 e. The van der Waals surface area contributed by atoms with E-state index < -0.39 is 0 Å². The van der Waals surface area contributed by atoms with Gasteiger partial charge >= 0.3 is 5.82 Å². The number of anilines is 1. The molecule has 4 N–H and O–H groups in total. The van der Waals surface area contributed by atoms with Crippen molar-refractivity contribution in [1.29, 1.82) is 0 Å². The van der Waals surface area contributed by atoms with E-state index in [2.05, 4.69) is 15.9 Å². The third-order valence-corrected chi connectivity index (χ3v) is 2.37. The Hall–Kier alpha value is -0.770. The highest BCUT2D eigenvalue weighted by Gasteiger charge is 2.07. The molecule has 0 amide bonds. The molecule has 54 valence electrons. The zero-order valence-corrected chi connectivity index (χ0v) is 7.22. The third kappa shape index (κ3) is 1.07. The van der Waals surface area contributed by atoms with Crippen LogP contribution in [0, 0.1) is 6.92 Å². The highest BCUT2D eigenvalue weighted by atomic mass is 79.9. The molecule has 10 heavy (non-hydrogen) atoms. The highest BCUT2D eigenvalue weighted by molar-refractivity contribution is 9.10. The van der Waals surface area contributed by atoms with Crippen molar-refractivity contribution in [3.8, 4) is 0 Å². The van der Waals surface area contributed by atoms with Crippen molar-refractivity contribution in [2.24, 2.45) is 0 Å². The molecule has 3 nitrogen and oxygen atoms in total. The Bertz CT molecular complexity index is 232. The first-order chi connectivity index (χ1) is 4.63. The van der Waals surface area contributed by atoms with E-state index in [1.54, 1.807) is 6.20 Å². The van der Waals surface area contributed by atoms with Crippen molar-refractivity contribution in [2.45, 2.75) is 6.92 Å². The fraction of sp³-hybridized carbons (Fsp3) is 0.167. The van der Waals surface area contributed by atoms with E-state index in [0.717, 1.165) is 10.0 Å². The van der Waals surface area contributed by atoms with Crippen molar-refractivity contribution >= 4 is 21.7 Å². The van der Waals surface area contributed by atoms with Crippen LogP contribution in [0.15, 0.2) is 16.7 Å². The average Bonchev–Trinajstić information content (AvgIpc) is 1.93. The summed E-state index contributed by atoms with van der Waals surface area (Å²) in [6.45, 7) is 1.96. The maximum Gasteiger partial charge on any atom is 0.310 e. The van der Waals surface area contributed by atoms with Gasteiger partial charge in [0, 0.05) is 0 Å². The van der Waals surface area contributed by atoms with Gasteiger partial charge in [-0.15, -0.1) is 4.68 Å². The molecular weight excluding hydrogens is 194 g/mol. The van der Waals surface area contributed by atoms with E-state index in [4.69, 9.17) is 11.6 Å². The first-order valence-corrected chi connectivity index (χ1v) is 3.63. The van der Waals surface area contributed by atoms with E-state index in [1.165, 1.54) is 4.68 Å². The Labute approximate surface area is 67.7 Å². The van der Waals surface area contributed by atoms with E-state index in [0.29, 0.717) is 5.82 Å². The first-order valence-electron chi connectivity index (χ1n) is 2.84. The highest BCUT2D eigenvalue weighted by Crippen LogP contribution is 2.18. The maximum atomic E-state index is 5.57. The maximum absolute atomic E-state index is 5.57. The lowest BCUT2D eigenvalue weighted by atomic mass is 10.3. The second-order valence-electron chi connectivity index (χ2n) is 2.11. The molecule has 0 aliphatic carbocycles. The lowest BCUT2D eigenvalue weighted by Gasteiger charge is -1.98. The fourth-order valence-corrected chi connectivity index (χ4v) is 0.998. The quantitative estimate of drug-likeness (QED) is 0.472. The van der Waals surface area contributed by atoms with Crippen molar-refractivity contribution in [3.05, 3.63) is 22.3 Å². The Balaban J connectivity index is 3.34. The Morgan fingerprint density at radius 3 is 2.70 bits per heavy atom. The molecule has 0 saturated carbocycles. The topological polar surface area (TPSA) is 55.9 Å². The average molecular weight is 203 g/mol. The van der Waals surface area contributed by atoms with Gasteiger partial charge in [0.1, 0.15) is 10.7 Å². The SMILES string of the molecule is Cc1cc[n+](N)c(N)c1Br.